The Morgan fingerprint density at radius 3 is 2.27 bits per heavy atom. The average Bonchev–Trinajstić information content (AvgIpc) is 2.83. The van der Waals surface area contributed by atoms with Crippen LogP contribution in [0.2, 0.25) is 0 Å². The van der Waals surface area contributed by atoms with Gasteiger partial charge in [0, 0.05) is 25.2 Å². The normalized spacial score (nSPS) is 21.3. The van der Waals surface area contributed by atoms with Crippen LogP contribution >= 0.6 is 27.7 Å². The average molecular weight is 591 g/mol. The Balaban J connectivity index is 1.81. The molecule has 10 nitrogen and oxygen atoms in total. The number of halogens is 1. The first-order chi connectivity index (χ1) is 17.6. The molecule has 1 saturated heterocycles. The van der Waals surface area contributed by atoms with E-state index in [1.807, 2.05) is 6.07 Å². The lowest BCUT2D eigenvalue weighted by Crippen LogP contribution is -2.56. The maximum atomic E-state index is 13.6. The van der Waals surface area contributed by atoms with Crippen LogP contribution < -0.4 is 5.56 Å². The minimum atomic E-state index is -1.16. The number of ether oxygens (including phenoxy) is 4. The molecule has 0 saturated carbocycles. The zero-order chi connectivity index (χ0) is 26.7. The van der Waals surface area contributed by atoms with Crippen LogP contribution in [0.25, 0.3) is 16.6 Å². The molecule has 4 rings (SSSR count). The molecule has 1 fully saturated rings. The van der Waals surface area contributed by atoms with Crippen molar-refractivity contribution in [3.05, 3.63) is 63.4 Å². The van der Waals surface area contributed by atoms with Crippen molar-refractivity contribution in [3.63, 3.8) is 0 Å². The van der Waals surface area contributed by atoms with Gasteiger partial charge in [0.1, 0.15) is 0 Å². The van der Waals surface area contributed by atoms with Crippen molar-refractivity contribution in [2.45, 2.75) is 49.7 Å². The summed E-state index contributed by atoms with van der Waals surface area (Å²) in [4.78, 5) is 53.9. The highest BCUT2D eigenvalue weighted by atomic mass is 79.9. The van der Waals surface area contributed by atoms with Crippen LogP contribution in [0.5, 0.6) is 0 Å². The summed E-state index contributed by atoms with van der Waals surface area (Å²) in [7, 11) is 0. The number of esters is 3. The summed E-state index contributed by atoms with van der Waals surface area (Å²) in [6.45, 7) is 3.48. The van der Waals surface area contributed by atoms with Crippen molar-refractivity contribution >= 4 is 56.5 Å². The molecule has 37 heavy (non-hydrogen) atoms. The molecule has 1 aromatic heterocycles. The number of rotatable bonds is 6. The minimum Gasteiger partial charge on any atom is -0.456 e. The molecule has 1 aliphatic heterocycles. The number of aromatic nitrogens is 2. The first-order valence-electron chi connectivity index (χ1n) is 11.2. The summed E-state index contributed by atoms with van der Waals surface area (Å²) in [5.41, 5.74) is -0.236. The number of nitrogens with zero attached hydrogens (tertiary/aromatic N) is 2. The molecule has 4 atom stereocenters. The molecule has 2 aromatic carbocycles. The second-order valence-corrected chi connectivity index (χ2v) is 10.1. The first kappa shape index (κ1) is 26.8. The number of carbonyl (C=O) groups excluding carboxylic acids is 3. The zero-order valence-electron chi connectivity index (χ0n) is 20.1. The molecule has 1 aliphatic rings. The van der Waals surface area contributed by atoms with Gasteiger partial charge < -0.3 is 18.9 Å². The Hall–Kier alpha value is -3.22. The predicted octanol–water partition coefficient (Wildman–Crippen LogP) is 3.39. The van der Waals surface area contributed by atoms with Crippen molar-refractivity contribution in [3.8, 4) is 5.69 Å². The van der Waals surface area contributed by atoms with Gasteiger partial charge in [-0.1, -0.05) is 45.9 Å². The monoisotopic (exact) mass is 590 g/mol. The van der Waals surface area contributed by atoms with Crippen LogP contribution in [0, 0.1) is 0 Å². The summed E-state index contributed by atoms with van der Waals surface area (Å²) in [6.07, 6.45) is -3.29. The molecule has 0 amide bonds. The van der Waals surface area contributed by atoms with E-state index in [1.54, 1.807) is 42.5 Å². The van der Waals surface area contributed by atoms with Crippen molar-refractivity contribution < 1.29 is 33.3 Å². The van der Waals surface area contributed by atoms with Crippen LogP contribution in [0.1, 0.15) is 20.8 Å². The second-order valence-electron chi connectivity index (χ2n) is 8.15. The highest BCUT2D eigenvalue weighted by molar-refractivity contribution is 9.10. The molecule has 0 radical (unpaired) electrons. The Bertz CT molecular complexity index is 1400. The fourth-order valence-electron chi connectivity index (χ4n) is 3.94. The fraction of sp³-hybridized carbons (Fsp3) is 0.320. The summed E-state index contributed by atoms with van der Waals surface area (Å²) >= 11 is 4.43. The van der Waals surface area contributed by atoms with Crippen molar-refractivity contribution in [1.29, 1.82) is 0 Å². The topological polar surface area (TPSA) is 123 Å². The lowest BCUT2D eigenvalue weighted by atomic mass is 10.1. The molecule has 0 aliphatic carbocycles. The van der Waals surface area contributed by atoms with E-state index >= 15 is 0 Å². The molecule has 194 valence electrons. The molecule has 0 unspecified atom stereocenters. The molecule has 0 spiro atoms. The highest BCUT2D eigenvalue weighted by Crippen LogP contribution is 2.35. The molecular weight excluding hydrogens is 568 g/mol. The SMILES string of the molecule is CC(=O)O[C@@H]1[C@H](OC(C)=O)[C@H](OC(C)=O)CO[C@@H]1Sc1nc2ccc(Br)cc2c(=O)n1-c1ccccc1. The van der Waals surface area contributed by atoms with E-state index in [1.165, 1.54) is 25.3 Å². The molecule has 3 aromatic rings. The second kappa shape index (κ2) is 11.4. The van der Waals surface area contributed by atoms with Gasteiger partial charge in [-0.2, -0.15) is 0 Å². The lowest BCUT2D eigenvalue weighted by Gasteiger charge is -2.40. The third-order valence-electron chi connectivity index (χ3n) is 5.34. The Morgan fingerprint density at radius 2 is 1.62 bits per heavy atom. The zero-order valence-corrected chi connectivity index (χ0v) is 22.5. The van der Waals surface area contributed by atoms with Crippen LogP contribution in [-0.4, -0.2) is 57.8 Å². The maximum absolute atomic E-state index is 13.6. The third kappa shape index (κ3) is 6.20. The van der Waals surface area contributed by atoms with Gasteiger partial charge in [-0.25, -0.2) is 4.98 Å². The van der Waals surface area contributed by atoms with Gasteiger partial charge in [0.15, 0.2) is 28.9 Å². The molecule has 0 bridgehead atoms. The Labute approximate surface area is 224 Å². The highest BCUT2D eigenvalue weighted by Gasteiger charge is 2.47. The van der Waals surface area contributed by atoms with Gasteiger partial charge in [0.05, 0.1) is 23.2 Å². The van der Waals surface area contributed by atoms with Crippen molar-refractivity contribution in [2.24, 2.45) is 0 Å². The van der Waals surface area contributed by atoms with E-state index in [0.717, 1.165) is 16.2 Å². The summed E-state index contributed by atoms with van der Waals surface area (Å²) in [5.74, 6) is -1.92. The molecule has 12 heteroatoms. The molecule has 2 heterocycles. The Kier molecular flexibility index (Phi) is 8.30. The number of carbonyl (C=O) groups is 3. The predicted molar refractivity (Wildman–Crippen MR) is 137 cm³/mol. The number of fused-ring (bicyclic) bond motifs is 1. The van der Waals surface area contributed by atoms with E-state index in [2.05, 4.69) is 15.9 Å². The standard InChI is InChI=1S/C25H23BrN2O8S/c1-13(29)34-20-12-33-24(22(36-15(3)31)21(20)35-14(2)30)37-25-27-19-10-9-16(26)11-18(19)23(32)28(25)17-7-5-4-6-8-17/h4-11,20-22,24H,12H2,1-3H3/t20-,21-,22-,24-/m1/s1. The van der Waals surface area contributed by atoms with Crippen LogP contribution in [-0.2, 0) is 33.3 Å². The van der Waals surface area contributed by atoms with Gasteiger partial charge in [0.25, 0.3) is 5.56 Å². The molecule has 0 N–H and O–H groups in total. The van der Waals surface area contributed by atoms with Crippen molar-refractivity contribution in [2.75, 3.05) is 6.61 Å². The van der Waals surface area contributed by atoms with E-state index in [9.17, 15) is 19.2 Å². The van der Waals surface area contributed by atoms with E-state index in [-0.39, 0.29) is 17.3 Å². The quantitative estimate of drug-likeness (QED) is 0.240. The minimum absolute atomic E-state index is 0.136. The van der Waals surface area contributed by atoms with Gasteiger partial charge in [-0.05, 0) is 30.3 Å². The number of para-hydroxylation sites is 1. The Morgan fingerprint density at radius 1 is 0.973 bits per heavy atom. The fourth-order valence-corrected chi connectivity index (χ4v) is 5.44. The number of hydrogen-bond donors (Lipinski definition) is 0. The summed E-state index contributed by atoms with van der Waals surface area (Å²) < 4.78 is 24.3. The van der Waals surface area contributed by atoms with Crippen LogP contribution in [0.15, 0.2) is 63.0 Å². The van der Waals surface area contributed by atoms with Gasteiger partial charge >= 0.3 is 17.9 Å². The first-order valence-corrected chi connectivity index (χ1v) is 12.9. The molecular formula is C25H23BrN2O8S. The third-order valence-corrected chi connectivity index (χ3v) is 6.95. The summed E-state index contributed by atoms with van der Waals surface area (Å²) in [5, 5.41) is 0.664. The summed E-state index contributed by atoms with van der Waals surface area (Å²) in [6, 6.07) is 14.1. The number of hydrogen-bond acceptors (Lipinski definition) is 10. The largest absolute Gasteiger partial charge is 0.456 e. The van der Waals surface area contributed by atoms with E-state index < -0.39 is 41.7 Å². The van der Waals surface area contributed by atoms with Gasteiger partial charge in [-0.3, -0.25) is 23.7 Å². The van der Waals surface area contributed by atoms with Crippen LogP contribution in [0.3, 0.4) is 0 Å². The van der Waals surface area contributed by atoms with E-state index in [0.29, 0.717) is 16.6 Å². The maximum Gasteiger partial charge on any atom is 0.303 e. The van der Waals surface area contributed by atoms with Gasteiger partial charge in [-0.15, -0.1) is 0 Å². The van der Waals surface area contributed by atoms with Crippen molar-refractivity contribution in [1.82, 2.24) is 9.55 Å². The van der Waals surface area contributed by atoms with Gasteiger partial charge in [0.2, 0.25) is 0 Å². The van der Waals surface area contributed by atoms with Crippen LogP contribution in [0.4, 0.5) is 0 Å². The number of benzene rings is 2. The lowest BCUT2D eigenvalue weighted by molar-refractivity contribution is -0.213. The van der Waals surface area contributed by atoms with E-state index in [4.69, 9.17) is 23.9 Å². The smallest absolute Gasteiger partial charge is 0.303 e. The number of thioether (sulfide) groups is 1.